The summed E-state index contributed by atoms with van der Waals surface area (Å²) in [6, 6.07) is 10.9. The van der Waals surface area contributed by atoms with Crippen molar-refractivity contribution in [2.75, 3.05) is 28.2 Å². The number of rotatable bonds is 8. The molecule has 0 unspecified atom stereocenters. The van der Waals surface area contributed by atoms with Gasteiger partial charge in [-0.25, -0.2) is 13.4 Å². The van der Waals surface area contributed by atoms with Crippen molar-refractivity contribution in [2.45, 2.75) is 19.6 Å². The Morgan fingerprint density at radius 3 is 2.49 bits per heavy atom. The van der Waals surface area contributed by atoms with Crippen molar-refractivity contribution in [3.63, 3.8) is 0 Å². The monoisotopic (exact) mass is 508 g/mol. The number of nitrogens with one attached hydrogen (secondary N) is 2. The van der Waals surface area contributed by atoms with Crippen LogP contribution in [0.5, 0.6) is 0 Å². The number of hydrogen-bond donors (Lipinski definition) is 3. The highest BCUT2D eigenvalue weighted by atomic mass is 32.2. The van der Waals surface area contributed by atoms with Crippen LogP contribution in [0, 0.1) is 6.92 Å². The lowest BCUT2D eigenvalue weighted by Gasteiger charge is -2.18. The number of carbonyl (C=O) groups excluding carboxylic acids is 1. The highest BCUT2D eigenvalue weighted by Crippen LogP contribution is 2.34. The number of nitrogens with two attached hydrogens (primary N) is 1. The summed E-state index contributed by atoms with van der Waals surface area (Å²) < 4.78 is 65.3. The molecule has 186 valence electrons. The van der Waals surface area contributed by atoms with Crippen LogP contribution in [-0.4, -0.2) is 37.6 Å². The zero-order chi connectivity index (χ0) is 26.0. The minimum atomic E-state index is -4.71. The highest BCUT2D eigenvalue weighted by molar-refractivity contribution is 7.92. The average molecular weight is 509 g/mol. The Morgan fingerprint density at radius 1 is 1.17 bits per heavy atom. The minimum absolute atomic E-state index is 0.0582. The maximum absolute atomic E-state index is 13.6. The molecule has 0 saturated heterocycles. The van der Waals surface area contributed by atoms with E-state index in [9.17, 15) is 26.4 Å². The third kappa shape index (κ3) is 6.38. The van der Waals surface area contributed by atoms with E-state index in [0.29, 0.717) is 28.7 Å². The van der Waals surface area contributed by atoms with Crippen LogP contribution in [0.2, 0.25) is 0 Å². The average Bonchev–Trinajstić information content (AvgIpc) is 2.77. The van der Waals surface area contributed by atoms with Crippen molar-refractivity contribution < 1.29 is 26.4 Å². The number of sulfonamides is 1. The summed E-state index contributed by atoms with van der Waals surface area (Å²) in [5.41, 5.74) is 6.49. The molecule has 0 aliphatic heterocycles. The van der Waals surface area contributed by atoms with Gasteiger partial charge in [0.2, 0.25) is 21.9 Å². The van der Waals surface area contributed by atoms with E-state index in [1.54, 1.807) is 37.3 Å². The van der Waals surface area contributed by atoms with Gasteiger partial charge in [-0.2, -0.15) is 18.2 Å². The van der Waals surface area contributed by atoms with Gasteiger partial charge in [0.25, 0.3) is 0 Å². The molecule has 0 aliphatic rings. The molecule has 4 N–H and O–H groups in total. The molecule has 2 aromatic carbocycles. The van der Waals surface area contributed by atoms with Crippen LogP contribution in [0.25, 0.3) is 0 Å². The number of hydrogen-bond acceptors (Lipinski definition) is 7. The SMILES string of the molecule is Cc1cc(C(N)=O)ccc1Nc1ncc(C(F)(F)F)c(NCc2cccc(N(C)S(C)(=O)=O)c2)n1. The summed E-state index contributed by atoms with van der Waals surface area (Å²) in [5, 5.41) is 5.51. The molecular formula is C22H23F3N6O3S. The van der Waals surface area contributed by atoms with E-state index in [2.05, 4.69) is 20.6 Å². The third-order valence-corrected chi connectivity index (χ3v) is 6.29. The summed E-state index contributed by atoms with van der Waals surface area (Å²) in [4.78, 5) is 19.1. The van der Waals surface area contributed by atoms with E-state index < -0.39 is 33.5 Å². The summed E-state index contributed by atoms with van der Waals surface area (Å²) in [6.07, 6.45) is -3.00. The summed E-state index contributed by atoms with van der Waals surface area (Å²) in [7, 11) is -2.12. The van der Waals surface area contributed by atoms with Gasteiger partial charge in [0.1, 0.15) is 11.4 Å². The topological polar surface area (TPSA) is 130 Å². The Morgan fingerprint density at radius 2 is 1.89 bits per heavy atom. The molecule has 0 spiro atoms. The Balaban J connectivity index is 1.87. The van der Waals surface area contributed by atoms with E-state index in [4.69, 9.17) is 5.73 Å². The van der Waals surface area contributed by atoms with Crippen LogP contribution in [0.15, 0.2) is 48.7 Å². The van der Waals surface area contributed by atoms with Crippen LogP contribution in [0.4, 0.5) is 36.3 Å². The fraction of sp³-hybridized carbons (Fsp3) is 0.227. The normalized spacial score (nSPS) is 11.7. The Hall–Kier alpha value is -3.87. The van der Waals surface area contributed by atoms with Crippen molar-refractivity contribution in [1.29, 1.82) is 0 Å². The number of benzene rings is 2. The first-order valence-electron chi connectivity index (χ1n) is 10.1. The van der Waals surface area contributed by atoms with Crippen LogP contribution >= 0.6 is 0 Å². The number of aromatic nitrogens is 2. The van der Waals surface area contributed by atoms with Crippen molar-refractivity contribution in [1.82, 2.24) is 9.97 Å². The largest absolute Gasteiger partial charge is 0.421 e. The molecule has 1 amide bonds. The van der Waals surface area contributed by atoms with Crippen molar-refractivity contribution >= 4 is 39.1 Å². The first-order valence-corrected chi connectivity index (χ1v) is 12.0. The molecule has 1 heterocycles. The number of amides is 1. The van der Waals surface area contributed by atoms with Crippen LogP contribution in [0.1, 0.15) is 27.0 Å². The van der Waals surface area contributed by atoms with Gasteiger partial charge in [-0.15, -0.1) is 0 Å². The summed E-state index contributed by atoms with van der Waals surface area (Å²) in [6.45, 7) is 1.63. The number of halogens is 3. The maximum Gasteiger partial charge on any atom is 0.421 e. The first kappa shape index (κ1) is 25.7. The van der Waals surface area contributed by atoms with Crippen molar-refractivity contribution in [3.05, 3.63) is 70.9 Å². The summed E-state index contributed by atoms with van der Waals surface area (Å²) in [5.74, 6) is -1.16. The lowest BCUT2D eigenvalue weighted by atomic mass is 10.1. The van der Waals surface area contributed by atoms with Gasteiger partial charge in [-0.3, -0.25) is 9.10 Å². The minimum Gasteiger partial charge on any atom is -0.366 e. The predicted octanol–water partition coefficient (Wildman–Crippen LogP) is 3.65. The number of carbonyl (C=O) groups is 1. The van der Waals surface area contributed by atoms with Gasteiger partial charge in [0.05, 0.1) is 11.9 Å². The Bertz CT molecular complexity index is 1360. The molecule has 0 bridgehead atoms. The zero-order valence-electron chi connectivity index (χ0n) is 19.0. The van der Waals surface area contributed by atoms with Gasteiger partial charge < -0.3 is 16.4 Å². The molecule has 3 rings (SSSR count). The van der Waals surface area contributed by atoms with E-state index >= 15 is 0 Å². The van der Waals surface area contributed by atoms with Crippen LogP contribution in [0.3, 0.4) is 0 Å². The van der Waals surface area contributed by atoms with Gasteiger partial charge in [-0.1, -0.05) is 12.1 Å². The molecule has 9 nitrogen and oxygen atoms in total. The Labute approximate surface area is 200 Å². The van der Waals surface area contributed by atoms with Crippen LogP contribution < -0.4 is 20.7 Å². The molecule has 0 fully saturated rings. The van der Waals surface area contributed by atoms with E-state index in [1.807, 2.05) is 0 Å². The Kier molecular flexibility index (Phi) is 7.19. The second kappa shape index (κ2) is 9.78. The summed E-state index contributed by atoms with van der Waals surface area (Å²) >= 11 is 0. The van der Waals surface area contributed by atoms with Gasteiger partial charge >= 0.3 is 6.18 Å². The molecule has 13 heteroatoms. The molecule has 3 aromatic rings. The number of primary amides is 1. The van der Waals surface area contributed by atoms with Crippen molar-refractivity contribution in [2.24, 2.45) is 5.73 Å². The molecule has 0 radical (unpaired) electrons. The molecule has 0 atom stereocenters. The van der Waals surface area contributed by atoms with Crippen LogP contribution in [-0.2, 0) is 22.7 Å². The second-order valence-electron chi connectivity index (χ2n) is 7.73. The second-order valence-corrected chi connectivity index (χ2v) is 9.74. The lowest BCUT2D eigenvalue weighted by Crippen LogP contribution is -2.24. The number of alkyl halides is 3. The van der Waals surface area contributed by atoms with E-state index in [1.165, 1.54) is 19.2 Å². The maximum atomic E-state index is 13.6. The quantitative estimate of drug-likeness (QED) is 0.423. The fourth-order valence-corrected chi connectivity index (χ4v) is 3.60. The van der Waals surface area contributed by atoms with E-state index in [-0.39, 0.29) is 18.1 Å². The molecule has 35 heavy (non-hydrogen) atoms. The number of anilines is 4. The highest BCUT2D eigenvalue weighted by Gasteiger charge is 2.35. The van der Waals surface area contributed by atoms with Gasteiger partial charge in [0, 0.05) is 31.0 Å². The molecule has 1 aromatic heterocycles. The zero-order valence-corrected chi connectivity index (χ0v) is 19.8. The molecular weight excluding hydrogens is 485 g/mol. The van der Waals surface area contributed by atoms with Gasteiger partial charge in [-0.05, 0) is 48.4 Å². The third-order valence-electron chi connectivity index (χ3n) is 5.08. The standard InChI is InChI=1S/C22H23F3N6O3S/c1-13-9-15(19(26)32)7-8-18(13)29-21-28-12-17(22(23,24)25)20(30-21)27-11-14-5-4-6-16(10-14)31(2)35(3,33)34/h4-10,12H,11H2,1-3H3,(H2,26,32)(H2,27,28,29,30). The van der Waals surface area contributed by atoms with Crippen molar-refractivity contribution in [3.8, 4) is 0 Å². The smallest absolute Gasteiger partial charge is 0.366 e. The van der Waals surface area contributed by atoms with Gasteiger partial charge in [0.15, 0.2) is 0 Å². The first-order chi connectivity index (χ1) is 16.3. The number of nitrogens with zero attached hydrogens (tertiary/aromatic N) is 3. The lowest BCUT2D eigenvalue weighted by molar-refractivity contribution is -0.137. The predicted molar refractivity (Wildman–Crippen MR) is 127 cm³/mol. The van der Waals surface area contributed by atoms with E-state index in [0.717, 1.165) is 10.6 Å². The molecule has 0 aliphatic carbocycles. The number of aryl methyl sites for hydroxylation is 1. The molecule has 0 saturated carbocycles. The fourth-order valence-electron chi connectivity index (χ4n) is 3.10.